The summed E-state index contributed by atoms with van der Waals surface area (Å²) in [7, 11) is 0. The summed E-state index contributed by atoms with van der Waals surface area (Å²) in [5.41, 5.74) is 4.80. The average Bonchev–Trinajstić information content (AvgIpc) is 2.50. The highest BCUT2D eigenvalue weighted by molar-refractivity contribution is 9.11. The maximum atomic E-state index is 10.2. The number of carbonyl (C=O) groups is 1. The van der Waals surface area contributed by atoms with Crippen molar-refractivity contribution in [3.05, 3.63) is 20.8 Å². The van der Waals surface area contributed by atoms with Gasteiger partial charge in [-0.25, -0.2) is 4.79 Å². The molecule has 0 unspecified atom stereocenters. The zero-order valence-electron chi connectivity index (χ0n) is 7.46. The number of rotatable bonds is 5. The van der Waals surface area contributed by atoms with Gasteiger partial charge in [0.05, 0.1) is 3.79 Å². The highest BCUT2D eigenvalue weighted by Gasteiger charge is 1.97. The minimum Gasteiger partial charge on any atom is -0.448 e. The number of ether oxygens (including phenoxy) is 1. The Bertz CT molecular complexity index is 303. The van der Waals surface area contributed by atoms with E-state index >= 15 is 0 Å². The molecule has 1 amide bonds. The number of hydrogen-bond donors (Lipinski definition) is 2. The van der Waals surface area contributed by atoms with Gasteiger partial charge in [-0.05, 0) is 28.1 Å². The van der Waals surface area contributed by atoms with E-state index in [0.717, 1.165) is 10.3 Å². The second kappa shape index (κ2) is 6.00. The predicted molar refractivity (Wildman–Crippen MR) is 59.3 cm³/mol. The van der Waals surface area contributed by atoms with Crippen LogP contribution in [0.3, 0.4) is 0 Å². The van der Waals surface area contributed by atoms with Gasteiger partial charge in [-0.1, -0.05) is 0 Å². The van der Waals surface area contributed by atoms with E-state index < -0.39 is 6.09 Å². The van der Waals surface area contributed by atoms with Crippen molar-refractivity contribution in [2.24, 2.45) is 5.73 Å². The summed E-state index contributed by atoms with van der Waals surface area (Å²) in [6, 6.07) is 4.04. The van der Waals surface area contributed by atoms with Crippen molar-refractivity contribution in [3.8, 4) is 0 Å². The Morgan fingerprint density at radius 1 is 1.64 bits per heavy atom. The maximum Gasteiger partial charge on any atom is 0.404 e. The zero-order valence-corrected chi connectivity index (χ0v) is 9.86. The molecule has 0 aliphatic carbocycles. The molecule has 4 nitrogen and oxygen atoms in total. The van der Waals surface area contributed by atoms with Crippen molar-refractivity contribution in [3.63, 3.8) is 0 Å². The van der Waals surface area contributed by atoms with Gasteiger partial charge in [0.2, 0.25) is 0 Å². The van der Waals surface area contributed by atoms with Crippen molar-refractivity contribution in [2.75, 3.05) is 13.2 Å². The van der Waals surface area contributed by atoms with Gasteiger partial charge in [-0.3, -0.25) is 0 Å². The van der Waals surface area contributed by atoms with Crippen LogP contribution in [0.5, 0.6) is 0 Å². The van der Waals surface area contributed by atoms with Crippen LogP contribution < -0.4 is 11.1 Å². The van der Waals surface area contributed by atoms with E-state index in [1.807, 2.05) is 12.1 Å². The quantitative estimate of drug-likeness (QED) is 0.806. The molecule has 0 bridgehead atoms. The molecule has 0 radical (unpaired) electrons. The van der Waals surface area contributed by atoms with Gasteiger partial charge in [0, 0.05) is 18.0 Å². The fourth-order valence-corrected chi connectivity index (χ4v) is 2.33. The predicted octanol–water partition coefficient (Wildman–Crippen LogP) is 1.70. The molecule has 1 rings (SSSR count). The average molecular weight is 279 g/mol. The minimum absolute atomic E-state index is 0.307. The molecule has 0 aliphatic heterocycles. The summed E-state index contributed by atoms with van der Waals surface area (Å²) in [6.07, 6.45) is -0.731. The smallest absolute Gasteiger partial charge is 0.404 e. The molecule has 0 aliphatic rings. The first-order valence-corrected chi connectivity index (χ1v) is 5.66. The first-order valence-electron chi connectivity index (χ1n) is 4.05. The molecule has 0 saturated heterocycles. The second-order valence-electron chi connectivity index (χ2n) is 2.55. The standard InChI is InChI=1S/C8H11BrN2O2S/c9-7-2-1-6(14-7)5-11-3-4-13-8(10)12/h1-2,11H,3-5H2,(H2,10,12). The Hall–Kier alpha value is -0.590. The lowest BCUT2D eigenvalue weighted by Gasteiger charge is -2.02. The molecule has 1 aromatic rings. The van der Waals surface area contributed by atoms with Crippen LogP contribution in [-0.2, 0) is 11.3 Å². The number of carbonyl (C=O) groups excluding carboxylic acids is 1. The first kappa shape index (κ1) is 11.5. The zero-order chi connectivity index (χ0) is 10.4. The van der Waals surface area contributed by atoms with Gasteiger partial charge in [0.1, 0.15) is 6.61 Å². The van der Waals surface area contributed by atoms with Gasteiger partial charge in [0.15, 0.2) is 0 Å². The number of halogens is 1. The molecule has 78 valence electrons. The lowest BCUT2D eigenvalue weighted by Crippen LogP contribution is -2.22. The molecular formula is C8H11BrN2O2S. The molecule has 0 spiro atoms. The molecule has 1 aromatic heterocycles. The lowest BCUT2D eigenvalue weighted by atomic mass is 10.4. The molecule has 0 saturated carbocycles. The van der Waals surface area contributed by atoms with Crippen molar-refractivity contribution < 1.29 is 9.53 Å². The van der Waals surface area contributed by atoms with Crippen molar-refractivity contribution in [2.45, 2.75) is 6.54 Å². The fourth-order valence-electron chi connectivity index (χ4n) is 0.882. The summed E-state index contributed by atoms with van der Waals surface area (Å²) >= 11 is 5.05. The number of amides is 1. The molecule has 3 N–H and O–H groups in total. The number of nitrogens with two attached hydrogens (primary N) is 1. The summed E-state index contributed by atoms with van der Waals surface area (Å²) in [5, 5.41) is 3.13. The highest BCUT2D eigenvalue weighted by Crippen LogP contribution is 2.21. The molecule has 1 heterocycles. The summed E-state index contributed by atoms with van der Waals surface area (Å²) in [6.45, 7) is 1.69. The molecule has 14 heavy (non-hydrogen) atoms. The fraction of sp³-hybridized carbons (Fsp3) is 0.375. The molecule has 0 aromatic carbocycles. The summed E-state index contributed by atoms with van der Waals surface area (Å²) in [5.74, 6) is 0. The third-order valence-corrected chi connectivity index (χ3v) is 3.07. The van der Waals surface area contributed by atoms with Gasteiger partial charge in [-0.15, -0.1) is 11.3 Å². The number of hydrogen-bond acceptors (Lipinski definition) is 4. The van der Waals surface area contributed by atoms with Crippen molar-refractivity contribution >= 4 is 33.4 Å². The van der Waals surface area contributed by atoms with Gasteiger partial charge in [-0.2, -0.15) is 0 Å². The van der Waals surface area contributed by atoms with Crippen LogP contribution in [0, 0.1) is 0 Å². The van der Waals surface area contributed by atoms with E-state index in [2.05, 4.69) is 26.0 Å². The number of primary amides is 1. The normalized spacial score (nSPS) is 10.1. The first-order chi connectivity index (χ1) is 6.68. The third kappa shape index (κ3) is 4.59. The van der Waals surface area contributed by atoms with Crippen LogP contribution in [-0.4, -0.2) is 19.2 Å². The highest BCUT2D eigenvalue weighted by atomic mass is 79.9. The van der Waals surface area contributed by atoms with Crippen LogP contribution in [0.1, 0.15) is 4.88 Å². The van der Waals surface area contributed by atoms with Crippen LogP contribution in [0.15, 0.2) is 15.9 Å². The Balaban J connectivity index is 2.07. The molecule has 0 atom stereocenters. The molecular weight excluding hydrogens is 268 g/mol. The number of thiophene rings is 1. The monoisotopic (exact) mass is 278 g/mol. The van der Waals surface area contributed by atoms with E-state index in [1.54, 1.807) is 11.3 Å². The summed E-state index contributed by atoms with van der Waals surface area (Å²) in [4.78, 5) is 11.4. The van der Waals surface area contributed by atoms with Crippen molar-refractivity contribution in [1.82, 2.24) is 5.32 Å². The minimum atomic E-state index is -0.731. The Morgan fingerprint density at radius 2 is 2.43 bits per heavy atom. The van der Waals surface area contributed by atoms with E-state index in [-0.39, 0.29) is 0 Å². The van der Waals surface area contributed by atoms with Gasteiger partial charge in [0.25, 0.3) is 0 Å². The van der Waals surface area contributed by atoms with E-state index in [4.69, 9.17) is 5.73 Å². The largest absolute Gasteiger partial charge is 0.448 e. The van der Waals surface area contributed by atoms with Crippen molar-refractivity contribution in [1.29, 1.82) is 0 Å². The van der Waals surface area contributed by atoms with Gasteiger partial charge >= 0.3 is 6.09 Å². The van der Waals surface area contributed by atoms with Crippen LogP contribution >= 0.6 is 27.3 Å². The second-order valence-corrected chi connectivity index (χ2v) is 5.10. The van der Waals surface area contributed by atoms with Gasteiger partial charge < -0.3 is 15.8 Å². The van der Waals surface area contributed by atoms with E-state index in [9.17, 15) is 4.79 Å². The van der Waals surface area contributed by atoms with E-state index in [1.165, 1.54) is 4.88 Å². The summed E-state index contributed by atoms with van der Waals surface area (Å²) < 4.78 is 5.67. The maximum absolute atomic E-state index is 10.2. The third-order valence-electron chi connectivity index (χ3n) is 1.45. The van der Waals surface area contributed by atoms with Crippen LogP contribution in [0.25, 0.3) is 0 Å². The van der Waals surface area contributed by atoms with Crippen LogP contribution in [0.4, 0.5) is 4.79 Å². The molecule has 0 fully saturated rings. The Labute approximate surface area is 94.6 Å². The SMILES string of the molecule is NC(=O)OCCNCc1ccc(Br)s1. The topological polar surface area (TPSA) is 64.4 Å². The Morgan fingerprint density at radius 3 is 3.00 bits per heavy atom. The van der Waals surface area contributed by atoms with E-state index in [0.29, 0.717) is 13.2 Å². The Kier molecular flexibility index (Phi) is 4.92. The number of nitrogens with one attached hydrogen (secondary N) is 1. The lowest BCUT2D eigenvalue weighted by molar-refractivity contribution is 0.157. The van der Waals surface area contributed by atoms with Crippen LogP contribution in [0.2, 0.25) is 0 Å². The molecule has 6 heteroatoms.